The third-order valence-corrected chi connectivity index (χ3v) is 2.23. The van der Waals surface area contributed by atoms with Crippen molar-refractivity contribution in [2.24, 2.45) is 0 Å². The Bertz CT molecular complexity index is 147. The Morgan fingerprint density at radius 3 is 2.64 bits per heavy atom. The lowest BCUT2D eigenvalue weighted by Crippen LogP contribution is -1.84. The van der Waals surface area contributed by atoms with Gasteiger partial charge in [0.25, 0.3) is 0 Å². The Hall–Kier alpha value is -0.590. The summed E-state index contributed by atoms with van der Waals surface area (Å²) in [6.07, 6.45) is 11.7. The first-order chi connectivity index (χ1) is 5.43. The predicted octanol–water partition coefficient (Wildman–Crippen LogP) is 2.86. The van der Waals surface area contributed by atoms with E-state index in [-0.39, 0.29) is 0 Å². The van der Waals surface area contributed by atoms with Gasteiger partial charge in [-0.25, -0.2) is 0 Å². The van der Waals surface area contributed by atoms with Gasteiger partial charge < -0.3 is 0 Å². The molecule has 0 atom stereocenters. The fraction of sp³-hybridized carbons (Fsp3) is 0.700. The molecule has 0 heterocycles. The number of hydrogen-bond donors (Lipinski definition) is 0. The van der Waals surface area contributed by atoms with Crippen LogP contribution in [0, 0.1) is 0 Å². The first kappa shape index (κ1) is 8.51. The molecule has 0 aromatic rings. The van der Waals surface area contributed by atoms with E-state index in [9.17, 15) is 4.79 Å². The van der Waals surface area contributed by atoms with E-state index in [1.807, 2.05) is 0 Å². The first-order valence-corrected chi connectivity index (χ1v) is 4.57. The van der Waals surface area contributed by atoms with Gasteiger partial charge in [0.05, 0.1) is 0 Å². The second-order valence-corrected chi connectivity index (χ2v) is 3.20. The molecule has 0 spiro atoms. The lowest BCUT2D eigenvalue weighted by Gasteiger charge is -1.96. The molecule has 0 aliphatic heterocycles. The van der Waals surface area contributed by atoms with Crippen molar-refractivity contribution in [1.29, 1.82) is 0 Å². The van der Waals surface area contributed by atoms with Crippen molar-refractivity contribution in [3.8, 4) is 0 Å². The molecule has 62 valence electrons. The summed E-state index contributed by atoms with van der Waals surface area (Å²) in [6.45, 7) is 0. The normalized spacial score (nSPS) is 20.9. The van der Waals surface area contributed by atoms with E-state index in [2.05, 4.69) is 6.08 Å². The molecule has 0 saturated heterocycles. The van der Waals surface area contributed by atoms with Crippen LogP contribution < -0.4 is 0 Å². The molecule has 0 aromatic heterocycles. The lowest BCUT2D eigenvalue weighted by molar-refractivity contribution is -0.105. The molecular weight excluding hydrogens is 136 g/mol. The molecule has 1 aliphatic carbocycles. The minimum Gasteiger partial charge on any atom is -0.298 e. The molecule has 0 aromatic carbocycles. The minimum atomic E-state index is 1.00. The number of aldehydes is 1. The van der Waals surface area contributed by atoms with Crippen LogP contribution in [0.5, 0.6) is 0 Å². The minimum absolute atomic E-state index is 1.00. The van der Waals surface area contributed by atoms with Gasteiger partial charge in [0.15, 0.2) is 0 Å². The zero-order valence-electron chi connectivity index (χ0n) is 7.01. The molecule has 11 heavy (non-hydrogen) atoms. The summed E-state index contributed by atoms with van der Waals surface area (Å²) in [6, 6.07) is 0. The lowest BCUT2D eigenvalue weighted by atomic mass is 10.1. The number of rotatable bonds is 1. The van der Waals surface area contributed by atoms with E-state index in [0.717, 1.165) is 24.7 Å². The van der Waals surface area contributed by atoms with Crippen molar-refractivity contribution in [3.05, 3.63) is 11.6 Å². The number of hydrogen-bond acceptors (Lipinski definition) is 1. The topological polar surface area (TPSA) is 17.1 Å². The van der Waals surface area contributed by atoms with E-state index in [1.54, 1.807) is 0 Å². The summed E-state index contributed by atoms with van der Waals surface area (Å²) in [5, 5.41) is 0. The maximum Gasteiger partial charge on any atom is 0.145 e. The summed E-state index contributed by atoms with van der Waals surface area (Å²) >= 11 is 0. The molecule has 0 radical (unpaired) electrons. The molecule has 1 rings (SSSR count). The molecule has 0 bridgehead atoms. The average Bonchev–Trinajstić information content (AvgIpc) is 2.16. The molecule has 1 nitrogen and oxygen atoms in total. The highest BCUT2D eigenvalue weighted by molar-refractivity contribution is 5.72. The van der Waals surface area contributed by atoms with E-state index < -0.39 is 0 Å². The van der Waals surface area contributed by atoms with Crippen molar-refractivity contribution in [2.75, 3.05) is 0 Å². The van der Waals surface area contributed by atoms with Crippen LogP contribution in [0.3, 0.4) is 0 Å². The highest BCUT2D eigenvalue weighted by Gasteiger charge is 1.98. The van der Waals surface area contributed by atoms with Gasteiger partial charge in [-0.2, -0.15) is 0 Å². The van der Waals surface area contributed by atoms with Crippen LogP contribution in [-0.4, -0.2) is 6.29 Å². The zero-order valence-corrected chi connectivity index (χ0v) is 7.01. The van der Waals surface area contributed by atoms with Crippen LogP contribution in [0.1, 0.15) is 44.9 Å². The Labute approximate surface area is 68.5 Å². The number of allylic oxidation sites excluding steroid dienone is 2. The van der Waals surface area contributed by atoms with E-state index in [0.29, 0.717) is 0 Å². The van der Waals surface area contributed by atoms with Crippen molar-refractivity contribution < 1.29 is 4.79 Å². The summed E-state index contributed by atoms with van der Waals surface area (Å²) in [4.78, 5) is 10.5. The maximum absolute atomic E-state index is 10.5. The van der Waals surface area contributed by atoms with Crippen LogP contribution in [0.4, 0.5) is 0 Å². The van der Waals surface area contributed by atoms with Crippen molar-refractivity contribution in [2.45, 2.75) is 44.9 Å². The number of carbonyl (C=O) groups excluding carboxylic acids is 1. The smallest absolute Gasteiger partial charge is 0.145 e. The summed E-state index contributed by atoms with van der Waals surface area (Å²) in [5.41, 5.74) is 1.02. The van der Waals surface area contributed by atoms with Crippen molar-refractivity contribution in [3.63, 3.8) is 0 Å². The quantitative estimate of drug-likeness (QED) is 0.528. The monoisotopic (exact) mass is 152 g/mol. The highest BCUT2D eigenvalue weighted by atomic mass is 16.1. The van der Waals surface area contributed by atoms with Gasteiger partial charge in [0.1, 0.15) is 6.29 Å². The van der Waals surface area contributed by atoms with E-state index >= 15 is 0 Å². The molecule has 0 N–H and O–H groups in total. The first-order valence-electron chi connectivity index (χ1n) is 4.57. The summed E-state index contributed by atoms with van der Waals surface area (Å²) in [5.74, 6) is 0. The third-order valence-electron chi connectivity index (χ3n) is 2.23. The predicted molar refractivity (Wildman–Crippen MR) is 46.5 cm³/mol. The van der Waals surface area contributed by atoms with Crippen molar-refractivity contribution >= 4 is 6.29 Å². The van der Waals surface area contributed by atoms with E-state index in [1.165, 1.54) is 32.1 Å². The average molecular weight is 152 g/mol. The van der Waals surface area contributed by atoms with Gasteiger partial charge in [-0.1, -0.05) is 25.3 Å². The second-order valence-electron chi connectivity index (χ2n) is 3.20. The van der Waals surface area contributed by atoms with Crippen LogP contribution in [0.25, 0.3) is 0 Å². The Morgan fingerprint density at radius 2 is 1.82 bits per heavy atom. The zero-order chi connectivity index (χ0) is 7.94. The van der Waals surface area contributed by atoms with E-state index in [4.69, 9.17) is 0 Å². The van der Waals surface area contributed by atoms with Gasteiger partial charge in [-0.05, 0) is 31.3 Å². The fourth-order valence-corrected chi connectivity index (χ4v) is 1.50. The molecule has 0 fully saturated rings. The highest BCUT2D eigenvalue weighted by Crippen LogP contribution is 2.15. The molecule has 1 aliphatic rings. The van der Waals surface area contributed by atoms with Gasteiger partial charge in [0, 0.05) is 0 Å². The Kier molecular flexibility index (Phi) is 3.95. The molecule has 0 amide bonds. The van der Waals surface area contributed by atoms with Gasteiger partial charge in [-0.15, -0.1) is 0 Å². The SMILES string of the molecule is O=CC1=CCCCCCCC1. The van der Waals surface area contributed by atoms with Crippen molar-refractivity contribution in [1.82, 2.24) is 0 Å². The van der Waals surface area contributed by atoms with Gasteiger partial charge in [0.2, 0.25) is 0 Å². The largest absolute Gasteiger partial charge is 0.298 e. The van der Waals surface area contributed by atoms with Crippen LogP contribution in [0.2, 0.25) is 0 Å². The Morgan fingerprint density at radius 1 is 1.09 bits per heavy atom. The van der Waals surface area contributed by atoms with Crippen LogP contribution in [0.15, 0.2) is 11.6 Å². The second kappa shape index (κ2) is 5.11. The van der Waals surface area contributed by atoms with Crippen LogP contribution in [-0.2, 0) is 4.79 Å². The van der Waals surface area contributed by atoms with Gasteiger partial charge in [-0.3, -0.25) is 4.79 Å². The maximum atomic E-state index is 10.5. The molecule has 1 heteroatoms. The third kappa shape index (κ3) is 3.35. The molecular formula is C10H16O. The fourth-order valence-electron chi connectivity index (χ4n) is 1.50. The van der Waals surface area contributed by atoms with Gasteiger partial charge >= 0.3 is 0 Å². The summed E-state index contributed by atoms with van der Waals surface area (Å²) < 4.78 is 0. The molecule has 0 saturated carbocycles. The molecule has 0 unspecified atom stereocenters. The summed E-state index contributed by atoms with van der Waals surface area (Å²) in [7, 11) is 0. The van der Waals surface area contributed by atoms with Crippen LogP contribution >= 0.6 is 0 Å². The Balaban J connectivity index is 2.40. The number of carbonyl (C=O) groups is 1. The standard InChI is InChI=1S/C10H16O/c11-9-10-7-5-3-1-2-4-6-8-10/h7,9H,1-6,8H2.